The summed E-state index contributed by atoms with van der Waals surface area (Å²) >= 11 is 0. The van der Waals surface area contributed by atoms with Gasteiger partial charge in [0, 0.05) is 0 Å². The molecular formula is CaO24P6Zr4. The molecule has 0 saturated heterocycles. The van der Waals surface area contributed by atoms with Crippen molar-refractivity contribution in [3.63, 3.8) is 0 Å². The Labute approximate surface area is 300 Å². The van der Waals surface area contributed by atoms with E-state index in [4.69, 9.17) is 115 Å². The van der Waals surface area contributed by atoms with Gasteiger partial charge in [-0.3, -0.25) is 0 Å². The van der Waals surface area contributed by atoms with Crippen LogP contribution in [0.2, 0.25) is 0 Å². The molecule has 24 nitrogen and oxygen atoms in total. The average molecular weight is 975 g/mol. The molecule has 0 aliphatic rings. The van der Waals surface area contributed by atoms with Crippen LogP contribution >= 0.6 is 46.9 Å². The molecule has 35 heteroatoms. The quantitative estimate of drug-likeness (QED) is 0.161. The van der Waals surface area contributed by atoms with Crippen molar-refractivity contribution in [1.29, 1.82) is 0 Å². The largest absolute Gasteiger partial charge is 4.00 e. The van der Waals surface area contributed by atoms with E-state index in [0.717, 1.165) is 0 Å². The molecular weight excluding hydrogens is 975 g/mol. The number of hydrogen-bond acceptors (Lipinski definition) is 24. The van der Waals surface area contributed by atoms with Gasteiger partial charge in [0.25, 0.3) is 0 Å². The predicted octanol–water partition coefficient (Wildman–Crippen LogP) is -17.3. The summed E-state index contributed by atoms with van der Waals surface area (Å²) in [6.07, 6.45) is 0. The van der Waals surface area contributed by atoms with Gasteiger partial charge in [-0.05, 0) is 0 Å². The molecule has 0 aliphatic heterocycles. The molecule has 0 fully saturated rings. The van der Waals surface area contributed by atoms with Gasteiger partial charge < -0.3 is 115 Å². The fourth-order valence-corrected chi connectivity index (χ4v) is 0. The molecule has 0 bridgehead atoms. The van der Waals surface area contributed by atoms with Crippen molar-refractivity contribution in [2.75, 3.05) is 0 Å². The smallest absolute Gasteiger partial charge is 0.822 e. The number of hydrogen-bond donors (Lipinski definition) is 0. The summed E-state index contributed by atoms with van der Waals surface area (Å²) in [4.78, 5) is 154. The average Bonchev–Trinajstić information content (AvgIpc) is 1.94. The third-order valence-corrected chi connectivity index (χ3v) is 0. The number of phosphoric acid groups is 6. The normalized spacial score (nSPS) is 10.1. The SMILES string of the molecule is O=P([O-])([O-])[O-].O=P([O-])([O-])[O-].O=P([O-])([O-])[O-].O=P([O-])([O-])[O-].O=P([O-])([O-])[O-].O=P([O-])([O-])[O-].[Ca+2].[Zr+4].[Zr+4].[Zr+4].[Zr+4]. The summed E-state index contributed by atoms with van der Waals surface area (Å²) in [6, 6.07) is 0. The third kappa shape index (κ3) is 1860. The molecule has 0 radical (unpaired) electrons. The molecule has 0 heterocycles. The van der Waals surface area contributed by atoms with E-state index >= 15 is 0 Å². The van der Waals surface area contributed by atoms with Crippen LogP contribution in [0.4, 0.5) is 0 Å². The predicted molar refractivity (Wildman–Crippen MR) is 51.4 cm³/mol. The molecule has 0 unspecified atom stereocenters. The van der Waals surface area contributed by atoms with Gasteiger partial charge in [0.2, 0.25) is 0 Å². The third-order valence-electron chi connectivity index (χ3n) is 0. The zero-order chi connectivity index (χ0) is 27.0. The summed E-state index contributed by atoms with van der Waals surface area (Å²) in [7, 11) is -32.3. The zero-order valence-electron chi connectivity index (χ0n) is 15.2. The van der Waals surface area contributed by atoms with Gasteiger partial charge in [-0.1, -0.05) is 0 Å². The Morgan fingerprint density at radius 3 is 0.229 bits per heavy atom. The maximum atomic E-state index is 8.55. The Bertz CT molecular complexity index is 478. The van der Waals surface area contributed by atoms with Crippen LogP contribution in [0.25, 0.3) is 0 Å². The molecule has 192 valence electrons. The van der Waals surface area contributed by atoms with E-state index in [1.54, 1.807) is 0 Å². The first-order valence-electron chi connectivity index (χ1n) is 4.38. The van der Waals surface area contributed by atoms with Crippen molar-refractivity contribution in [2.24, 2.45) is 0 Å². The van der Waals surface area contributed by atoms with Crippen LogP contribution in [-0.4, -0.2) is 37.7 Å². The van der Waals surface area contributed by atoms with Crippen LogP contribution in [0.15, 0.2) is 0 Å². The second-order valence-corrected chi connectivity index (χ2v) is 8.05. The Hall–Kier alpha value is 5.45. The van der Waals surface area contributed by atoms with Crippen molar-refractivity contribution in [2.45, 2.75) is 0 Å². The van der Waals surface area contributed by atoms with Crippen LogP contribution < -0.4 is 88.1 Å². The standard InChI is InChI=1S/Ca.6H3O4P.4Zr/c;6*1-5(2,3)4;;;;/h;6*(H3,1,2,3,4);;;;/q+2;;;;;;;4*+4/p-18. The van der Waals surface area contributed by atoms with Gasteiger partial charge in [0.05, 0.1) is 0 Å². The molecule has 0 N–H and O–H groups in total. The van der Waals surface area contributed by atoms with E-state index in [-0.39, 0.29) is 143 Å². The summed E-state index contributed by atoms with van der Waals surface area (Å²) in [6.45, 7) is 0. The molecule has 0 saturated carbocycles. The minimum absolute atomic E-state index is 0. The molecule has 0 spiro atoms. The first-order chi connectivity index (χ1) is 12.0. The van der Waals surface area contributed by atoms with E-state index < -0.39 is 46.9 Å². The van der Waals surface area contributed by atoms with E-state index in [9.17, 15) is 0 Å². The van der Waals surface area contributed by atoms with Crippen LogP contribution in [-0.2, 0) is 132 Å². The Balaban J connectivity index is -0.0000000213. The van der Waals surface area contributed by atoms with E-state index in [1.807, 2.05) is 0 Å². The van der Waals surface area contributed by atoms with Crippen molar-refractivity contribution >= 4 is 84.7 Å². The fourth-order valence-electron chi connectivity index (χ4n) is 0. The van der Waals surface area contributed by atoms with Gasteiger partial charge >= 0.3 is 143 Å². The summed E-state index contributed by atoms with van der Waals surface area (Å²) in [5.74, 6) is 0. The Morgan fingerprint density at radius 2 is 0.229 bits per heavy atom. The summed E-state index contributed by atoms with van der Waals surface area (Å²) in [5.41, 5.74) is 0. The second-order valence-electron chi connectivity index (χ2n) is 2.68. The van der Waals surface area contributed by atoms with Crippen molar-refractivity contribution in [3.8, 4) is 0 Å². The van der Waals surface area contributed by atoms with Crippen LogP contribution in [0.3, 0.4) is 0 Å². The van der Waals surface area contributed by atoms with Gasteiger partial charge in [-0.25, -0.2) is 0 Å². The van der Waals surface area contributed by atoms with Gasteiger partial charge in [-0.15, -0.1) is 0 Å². The van der Waals surface area contributed by atoms with Crippen molar-refractivity contribution in [1.82, 2.24) is 0 Å². The minimum Gasteiger partial charge on any atom is -0.822 e. The summed E-state index contributed by atoms with van der Waals surface area (Å²) in [5, 5.41) is 0. The zero-order valence-corrected chi connectivity index (χ0v) is 32.6. The molecule has 0 aliphatic carbocycles. The molecule has 0 amide bonds. The van der Waals surface area contributed by atoms with Gasteiger partial charge in [-0.2, -0.15) is 46.9 Å². The summed E-state index contributed by atoms with van der Waals surface area (Å²) < 4.78 is 51.3. The maximum absolute atomic E-state index is 8.55. The van der Waals surface area contributed by atoms with Crippen molar-refractivity contribution in [3.05, 3.63) is 0 Å². The fraction of sp³-hybridized carbons (Fsp3) is 0. The molecule has 0 atom stereocenters. The van der Waals surface area contributed by atoms with Crippen molar-refractivity contribution < 1.29 is 220 Å². The Morgan fingerprint density at radius 1 is 0.229 bits per heavy atom. The monoisotopic (exact) mass is 969 g/mol. The molecule has 0 aromatic carbocycles. The molecule has 0 aromatic heterocycles. The first kappa shape index (κ1) is 72.6. The van der Waals surface area contributed by atoms with Crippen LogP contribution in [0.1, 0.15) is 0 Å². The minimum atomic E-state index is -5.39. The molecule has 0 rings (SSSR count). The van der Waals surface area contributed by atoms with Crippen LogP contribution in [0, 0.1) is 0 Å². The topological polar surface area (TPSA) is 518 Å². The van der Waals surface area contributed by atoms with E-state index in [1.165, 1.54) is 0 Å². The van der Waals surface area contributed by atoms with Crippen LogP contribution in [0.5, 0.6) is 0 Å². The van der Waals surface area contributed by atoms with E-state index in [0.29, 0.717) is 0 Å². The first-order valence-corrected chi connectivity index (χ1v) is 13.1. The van der Waals surface area contributed by atoms with Gasteiger partial charge in [0.15, 0.2) is 0 Å². The Kier molecular flexibility index (Phi) is 70.4. The van der Waals surface area contributed by atoms with Gasteiger partial charge in [0.1, 0.15) is 0 Å². The maximum Gasteiger partial charge on any atom is 4.00 e. The molecule has 35 heavy (non-hydrogen) atoms. The number of rotatable bonds is 0. The van der Waals surface area contributed by atoms with E-state index in [2.05, 4.69) is 0 Å². The molecule has 0 aromatic rings. The second kappa shape index (κ2) is 33.9.